The molecule has 6 heteroatoms. The molecule has 0 fully saturated rings. The molecule has 2 N–H and O–H groups in total. The van der Waals surface area contributed by atoms with Crippen molar-refractivity contribution in [2.24, 2.45) is 15.9 Å². The normalized spacial score (nSPS) is 11.7. The van der Waals surface area contributed by atoms with E-state index in [1.165, 1.54) is 29.5 Å². The van der Waals surface area contributed by atoms with Crippen LogP contribution in [0.3, 0.4) is 0 Å². The molecule has 0 spiro atoms. The van der Waals surface area contributed by atoms with Crippen molar-refractivity contribution in [3.05, 3.63) is 95.8 Å². The third-order valence-corrected chi connectivity index (χ3v) is 4.92. The van der Waals surface area contributed by atoms with E-state index in [4.69, 9.17) is 5.73 Å². The van der Waals surface area contributed by atoms with Crippen molar-refractivity contribution in [3.8, 4) is 0 Å². The lowest BCUT2D eigenvalue weighted by Gasteiger charge is -2.19. The second kappa shape index (κ2) is 9.71. The molecule has 0 saturated heterocycles. The van der Waals surface area contributed by atoms with Crippen LogP contribution in [0.25, 0.3) is 0 Å². The summed E-state index contributed by atoms with van der Waals surface area (Å²) in [6.45, 7) is 0. The molecule has 3 aromatic carbocycles. The molecule has 0 aliphatic rings. The van der Waals surface area contributed by atoms with Gasteiger partial charge in [0.15, 0.2) is 5.17 Å². The smallest absolute Gasteiger partial charge is 0.180 e. The predicted octanol–water partition coefficient (Wildman–Crippen LogP) is 5.18. The Morgan fingerprint density at radius 1 is 1.00 bits per heavy atom. The third-order valence-electron chi connectivity index (χ3n) is 4.07. The van der Waals surface area contributed by atoms with Crippen LogP contribution in [0.1, 0.15) is 11.1 Å². The van der Waals surface area contributed by atoms with Crippen LogP contribution in [-0.2, 0) is 5.75 Å². The fourth-order valence-corrected chi connectivity index (χ4v) is 3.14. The van der Waals surface area contributed by atoms with Crippen molar-refractivity contribution >= 4 is 34.5 Å². The maximum absolute atomic E-state index is 13.4. The Morgan fingerprint density at radius 3 is 2.46 bits per heavy atom. The van der Waals surface area contributed by atoms with E-state index in [0.29, 0.717) is 5.17 Å². The fourth-order valence-electron chi connectivity index (χ4n) is 2.53. The summed E-state index contributed by atoms with van der Waals surface area (Å²) < 4.78 is 13.4. The molecule has 0 amide bonds. The van der Waals surface area contributed by atoms with Gasteiger partial charge in [-0.1, -0.05) is 60.3 Å². The number of benzene rings is 3. The highest BCUT2D eigenvalue weighted by atomic mass is 32.2. The van der Waals surface area contributed by atoms with E-state index in [9.17, 15) is 4.39 Å². The zero-order valence-corrected chi connectivity index (χ0v) is 16.3. The monoisotopic (exact) mass is 392 g/mol. The Balaban J connectivity index is 1.57. The molecule has 0 bridgehead atoms. The standard InChI is InChI=1S/C22H21FN4S/c1-27(21-9-5-8-19(23)14-21)20-12-10-17(11-13-20)15-25-26-22(24)28-16-18-6-3-2-4-7-18/h2-15H,16H2,1H3,(H2,24,26). The molecule has 0 heterocycles. The first-order chi connectivity index (χ1) is 13.6. The zero-order valence-electron chi connectivity index (χ0n) is 15.5. The summed E-state index contributed by atoms with van der Waals surface area (Å²) in [6.07, 6.45) is 1.65. The van der Waals surface area contributed by atoms with Gasteiger partial charge in [-0.3, -0.25) is 0 Å². The Labute approximate surface area is 168 Å². The summed E-state index contributed by atoms with van der Waals surface area (Å²) in [4.78, 5) is 1.92. The molecule has 0 radical (unpaired) electrons. The highest BCUT2D eigenvalue weighted by Gasteiger charge is 2.04. The number of nitrogens with two attached hydrogens (primary N) is 1. The van der Waals surface area contributed by atoms with Gasteiger partial charge in [-0.15, -0.1) is 5.10 Å². The summed E-state index contributed by atoms with van der Waals surface area (Å²) in [5.74, 6) is 0.501. The van der Waals surface area contributed by atoms with Gasteiger partial charge in [-0.25, -0.2) is 4.39 Å². The number of hydrogen-bond donors (Lipinski definition) is 1. The van der Waals surface area contributed by atoms with Crippen molar-refractivity contribution < 1.29 is 4.39 Å². The van der Waals surface area contributed by atoms with E-state index in [2.05, 4.69) is 10.2 Å². The molecule has 3 rings (SSSR count). The number of rotatable bonds is 6. The number of amidine groups is 1. The number of halogens is 1. The van der Waals surface area contributed by atoms with Gasteiger partial charge < -0.3 is 10.6 Å². The van der Waals surface area contributed by atoms with Gasteiger partial charge in [0.2, 0.25) is 0 Å². The lowest BCUT2D eigenvalue weighted by Crippen LogP contribution is -2.09. The second-order valence-electron chi connectivity index (χ2n) is 6.09. The lowest BCUT2D eigenvalue weighted by atomic mass is 10.2. The summed E-state index contributed by atoms with van der Waals surface area (Å²) in [5, 5.41) is 8.50. The van der Waals surface area contributed by atoms with Crippen molar-refractivity contribution in [2.45, 2.75) is 5.75 Å². The van der Waals surface area contributed by atoms with E-state index in [-0.39, 0.29) is 5.82 Å². The first-order valence-electron chi connectivity index (χ1n) is 8.74. The van der Waals surface area contributed by atoms with Gasteiger partial charge in [0.25, 0.3) is 0 Å². The molecule has 142 valence electrons. The van der Waals surface area contributed by atoms with Gasteiger partial charge in [0.05, 0.1) is 6.21 Å². The Morgan fingerprint density at radius 2 is 1.75 bits per heavy atom. The molecule has 0 atom stereocenters. The van der Waals surface area contributed by atoms with Gasteiger partial charge in [0.1, 0.15) is 5.82 Å². The third kappa shape index (κ3) is 5.69. The van der Waals surface area contributed by atoms with Crippen molar-refractivity contribution in [1.82, 2.24) is 0 Å². The molecule has 0 aliphatic carbocycles. The van der Waals surface area contributed by atoms with Crippen LogP contribution < -0.4 is 10.6 Å². The van der Waals surface area contributed by atoms with Crippen LogP contribution in [0, 0.1) is 5.82 Å². The molecule has 0 saturated carbocycles. The van der Waals surface area contributed by atoms with E-state index in [1.807, 2.05) is 72.6 Å². The molecule has 0 aliphatic heterocycles. The Kier molecular flexibility index (Phi) is 6.81. The molecule has 4 nitrogen and oxygen atoms in total. The van der Waals surface area contributed by atoms with Gasteiger partial charge >= 0.3 is 0 Å². The molecule has 3 aromatic rings. The highest BCUT2D eigenvalue weighted by molar-refractivity contribution is 8.13. The minimum absolute atomic E-state index is 0.256. The molecular formula is C22H21FN4S. The minimum Gasteiger partial charge on any atom is -0.377 e. The molecule has 28 heavy (non-hydrogen) atoms. The van der Waals surface area contributed by atoms with Crippen molar-refractivity contribution in [1.29, 1.82) is 0 Å². The van der Waals surface area contributed by atoms with Gasteiger partial charge in [-0.05, 0) is 41.5 Å². The summed E-state index contributed by atoms with van der Waals surface area (Å²) >= 11 is 1.45. The van der Waals surface area contributed by atoms with Gasteiger partial charge in [-0.2, -0.15) is 5.10 Å². The van der Waals surface area contributed by atoms with Gasteiger partial charge in [0, 0.05) is 24.2 Å². The maximum atomic E-state index is 13.4. The average molecular weight is 393 g/mol. The largest absolute Gasteiger partial charge is 0.377 e. The van der Waals surface area contributed by atoms with Crippen LogP contribution >= 0.6 is 11.8 Å². The second-order valence-corrected chi connectivity index (χ2v) is 7.08. The van der Waals surface area contributed by atoms with E-state index >= 15 is 0 Å². The number of anilines is 2. The van der Waals surface area contributed by atoms with Crippen LogP contribution in [0.4, 0.5) is 15.8 Å². The highest BCUT2D eigenvalue weighted by Crippen LogP contribution is 2.24. The summed E-state index contributed by atoms with van der Waals surface area (Å²) in [7, 11) is 1.90. The quantitative estimate of drug-likeness (QED) is 0.357. The number of nitrogens with zero attached hydrogens (tertiary/aromatic N) is 3. The van der Waals surface area contributed by atoms with Crippen LogP contribution in [0.15, 0.2) is 89.1 Å². The number of thioether (sulfide) groups is 1. The maximum Gasteiger partial charge on any atom is 0.180 e. The average Bonchev–Trinajstić information content (AvgIpc) is 2.73. The topological polar surface area (TPSA) is 54.0 Å². The van der Waals surface area contributed by atoms with E-state index < -0.39 is 0 Å². The zero-order chi connectivity index (χ0) is 19.8. The Hall–Kier alpha value is -3.12. The van der Waals surface area contributed by atoms with E-state index in [0.717, 1.165) is 22.7 Å². The van der Waals surface area contributed by atoms with E-state index in [1.54, 1.807) is 12.3 Å². The minimum atomic E-state index is -0.256. The van der Waals surface area contributed by atoms with Crippen molar-refractivity contribution in [2.75, 3.05) is 11.9 Å². The predicted molar refractivity (Wildman–Crippen MR) is 118 cm³/mol. The first kappa shape index (κ1) is 19.6. The van der Waals surface area contributed by atoms with Crippen molar-refractivity contribution in [3.63, 3.8) is 0 Å². The molecule has 0 unspecified atom stereocenters. The Bertz CT molecular complexity index is 956. The first-order valence-corrected chi connectivity index (χ1v) is 9.73. The van der Waals surface area contributed by atoms with Crippen LogP contribution in [0.5, 0.6) is 0 Å². The lowest BCUT2D eigenvalue weighted by molar-refractivity contribution is 0.628. The molecular weight excluding hydrogens is 371 g/mol. The summed E-state index contributed by atoms with van der Waals surface area (Å²) in [5.41, 5.74) is 9.71. The number of hydrogen-bond acceptors (Lipinski definition) is 4. The summed E-state index contributed by atoms with van der Waals surface area (Å²) in [6, 6.07) is 24.3. The fraction of sp³-hybridized carbons (Fsp3) is 0.0909. The molecule has 0 aromatic heterocycles. The van der Waals surface area contributed by atoms with Crippen LogP contribution in [0.2, 0.25) is 0 Å². The van der Waals surface area contributed by atoms with Crippen LogP contribution in [-0.4, -0.2) is 18.4 Å². The SMILES string of the molecule is CN(c1ccc(C=NN=C(N)SCc2ccccc2)cc1)c1cccc(F)c1.